The molecule has 170 valence electrons. The number of ether oxygens (including phenoxy) is 2. The van der Waals surface area contributed by atoms with Crippen LogP contribution in [0.2, 0.25) is 0 Å². The molecule has 0 spiro atoms. The van der Waals surface area contributed by atoms with Gasteiger partial charge in [0.05, 0.1) is 26.5 Å². The normalized spacial score (nSPS) is 14.4. The molecule has 1 aliphatic rings. The number of benzene rings is 3. The summed E-state index contributed by atoms with van der Waals surface area (Å²) in [5.41, 5.74) is 4.01. The molecular formula is C27H24N4O3. The van der Waals surface area contributed by atoms with Gasteiger partial charge in [0.1, 0.15) is 22.9 Å². The number of fused-ring (bicyclic) bond motifs is 1. The number of nitrogens with one attached hydrogen (secondary N) is 2. The van der Waals surface area contributed by atoms with E-state index in [1.54, 1.807) is 20.4 Å². The highest BCUT2D eigenvalue weighted by atomic mass is 16.5. The second-order valence-electron chi connectivity index (χ2n) is 7.83. The molecule has 1 amide bonds. The molecule has 0 unspecified atom stereocenters. The van der Waals surface area contributed by atoms with Gasteiger partial charge in [-0.2, -0.15) is 5.10 Å². The van der Waals surface area contributed by atoms with E-state index in [2.05, 4.69) is 21.8 Å². The van der Waals surface area contributed by atoms with E-state index in [0.29, 0.717) is 11.4 Å². The zero-order chi connectivity index (χ0) is 23.5. The number of amides is 1. The molecule has 3 aromatic carbocycles. The number of methoxy groups -OCH3 is 2. The van der Waals surface area contributed by atoms with Crippen molar-refractivity contribution in [2.75, 3.05) is 24.9 Å². The molecule has 34 heavy (non-hydrogen) atoms. The monoisotopic (exact) mass is 452 g/mol. The smallest absolute Gasteiger partial charge is 0.261 e. The number of carbonyl (C=O) groups is 1. The van der Waals surface area contributed by atoms with Crippen LogP contribution in [0, 0.1) is 0 Å². The number of rotatable bonds is 6. The highest BCUT2D eigenvalue weighted by Crippen LogP contribution is 2.36. The molecule has 1 atom stereocenters. The van der Waals surface area contributed by atoms with Gasteiger partial charge in [0.25, 0.3) is 5.91 Å². The Morgan fingerprint density at radius 1 is 0.941 bits per heavy atom. The molecule has 0 bridgehead atoms. The predicted molar refractivity (Wildman–Crippen MR) is 132 cm³/mol. The SMILES string of the molecule is COc1ccc(C2=C[C@H](c3cccc(OC)c3)n3ncc(C(=O)Nc4ccccc4)c3N2)cc1. The lowest BCUT2D eigenvalue weighted by Crippen LogP contribution is -2.22. The summed E-state index contributed by atoms with van der Waals surface area (Å²) in [6.07, 6.45) is 3.69. The van der Waals surface area contributed by atoms with Crippen LogP contribution in [0.1, 0.15) is 27.5 Å². The highest BCUT2D eigenvalue weighted by molar-refractivity contribution is 6.08. The van der Waals surface area contributed by atoms with Gasteiger partial charge in [-0.05, 0) is 65.7 Å². The maximum atomic E-state index is 13.2. The lowest BCUT2D eigenvalue weighted by Gasteiger charge is -2.26. The average Bonchev–Trinajstić information content (AvgIpc) is 3.33. The molecule has 1 aliphatic heterocycles. The van der Waals surface area contributed by atoms with Crippen LogP contribution in [-0.4, -0.2) is 29.9 Å². The number of aromatic nitrogens is 2. The predicted octanol–water partition coefficient (Wildman–Crippen LogP) is 5.21. The van der Waals surface area contributed by atoms with Crippen LogP contribution in [-0.2, 0) is 0 Å². The average molecular weight is 453 g/mol. The van der Waals surface area contributed by atoms with E-state index in [1.807, 2.05) is 83.5 Å². The van der Waals surface area contributed by atoms with Crippen molar-refractivity contribution >= 4 is 23.1 Å². The fraction of sp³-hybridized carbons (Fsp3) is 0.111. The van der Waals surface area contributed by atoms with Gasteiger partial charge in [-0.15, -0.1) is 0 Å². The lowest BCUT2D eigenvalue weighted by atomic mass is 10.0. The van der Waals surface area contributed by atoms with Crippen LogP contribution in [0.5, 0.6) is 11.5 Å². The first-order valence-corrected chi connectivity index (χ1v) is 10.9. The zero-order valence-electron chi connectivity index (χ0n) is 18.9. The summed E-state index contributed by atoms with van der Waals surface area (Å²) >= 11 is 0. The maximum absolute atomic E-state index is 13.2. The van der Waals surface area contributed by atoms with Crippen LogP contribution < -0.4 is 20.1 Å². The molecular weight excluding hydrogens is 428 g/mol. The van der Waals surface area contributed by atoms with Crippen molar-refractivity contribution in [3.8, 4) is 11.5 Å². The summed E-state index contributed by atoms with van der Waals surface area (Å²) in [6, 6.07) is 24.8. The van der Waals surface area contributed by atoms with E-state index >= 15 is 0 Å². The van der Waals surface area contributed by atoms with Crippen LogP contribution in [0.15, 0.2) is 91.1 Å². The van der Waals surface area contributed by atoms with Crippen LogP contribution in [0.4, 0.5) is 11.5 Å². The minimum absolute atomic E-state index is 0.235. The Balaban J connectivity index is 1.56. The first-order chi connectivity index (χ1) is 16.7. The van der Waals surface area contributed by atoms with Crippen LogP contribution in [0.3, 0.4) is 0 Å². The van der Waals surface area contributed by atoms with Crippen molar-refractivity contribution < 1.29 is 14.3 Å². The van der Waals surface area contributed by atoms with Gasteiger partial charge in [0.2, 0.25) is 0 Å². The number of nitrogens with zero attached hydrogens (tertiary/aromatic N) is 2. The molecule has 0 saturated heterocycles. The Kier molecular flexibility index (Phi) is 5.74. The lowest BCUT2D eigenvalue weighted by molar-refractivity contribution is 0.102. The Labute approximate surface area is 197 Å². The van der Waals surface area contributed by atoms with Crippen molar-refractivity contribution in [1.29, 1.82) is 0 Å². The van der Waals surface area contributed by atoms with E-state index in [-0.39, 0.29) is 11.9 Å². The Morgan fingerprint density at radius 3 is 2.44 bits per heavy atom. The van der Waals surface area contributed by atoms with Crippen molar-refractivity contribution in [2.45, 2.75) is 6.04 Å². The van der Waals surface area contributed by atoms with Gasteiger partial charge in [-0.1, -0.05) is 30.3 Å². The van der Waals surface area contributed by atoms with Gasteiger partial charge >= 0.3 is 0 Å². The van der Waals surface area contributed by atoms with Gasteiger partial charge in [-0.3, -0.25) is 4.79 Å². The van der Waals surface area contributed by atoms with Gasteiger partial charge in [0, 0.05) is 11.4 Å². The van der Waals surface area contributed by atoms with E-state index in [4.69, 9.17) is 9.47 Å². The fourth-order valence-corrected chi connectivity index (χ4v) is 3.98. The highest BCUT2D eigenvalue weighted by Gasteiger charge is 2.28. The molecule has 2 heterocycles. The fourth-order valence-electron chi connectivity index (χ4n) is 3.98. The van der Waals surface area contributed by atoms with Crippen molar-refractivity contribution in [3.63, 3.8) is 0 Å². The number of hydrogen-bond donors (Lipinski definition) is 2. The first kappa shape index (κ1) is 21.3. The molecule has 0 aliphatic carbocycles. The third-order valence-electron chi connectivity index (χ3n) is 5.75. The second kappa shape index (κ2) is 9.15. The van der Waals surface area contributed by atoms with E-state index < -0.39 is 0 Å². The first-order valence-electron chi connectivity index (χ1n) is 10.9. The molecule has 5 rings (SSSR count). The summed E-state index contributed by atoms with van der Waals surface area (Å²) in [4.78, 5) is 13.2. The number of para-hydroxylation sites is 1. The Morgan fingerprint density at radius 2 is 1.71 bits per heavy atom. The van der Waals surface area contributed by atoms with Gasteiger partial charge < -0.3 is 20.1 Å². The number of anilines is 2. The largest absolute Gasteiger partial charge is 0.497 e. The topological polar surface area (TPSA) is 77.4 Å². The minimum Gasteiger partial charge on any atom is -0.497 e. The van der Waals surface area contributed by atoms with Crippen molar-refractivity contribution in [3.05, 3.63) is 108 Å². The van der Waals surface area contributed by atoms with Crippen molar-refractivity contribution in [2.24, 2.45) is 0 Å². The molecule has 0 saturated carbocycles. The van der Waals surface area contributed by atoms with Crippen molar-refractivity contribution in [1.82, 2.24) is 9.78 Å². The molecule has 7 heteroatoms. The third kappa shape index (κ3) is 4.11. The summed E-state index contributed by atoms with van der Waals surface area (Å²) in [6.45, 7) is 0. The molecule has 2 N–H and O–H groups in total. The van der Waals surface area contributed by atoms with Crippen LogP contribution in [0.25, 0.3) is 5.70 Å². The number of hydrogen-bond acceptors (Lipinski definition) is 5. The zero-order valence-corrected chi connectivity index (χ0v) is 18.9. The number of carbonyl (C=O) groups excluding carboxylic acids is 1. The molecule has 0 fully saturated rings. The standard InChI is InChI=1S/C27H24N4O3/c1-33-21-13-11-18(12-14-21)24-16-25(19-7-6-10-22(15-19)34-2)31-26(30-24)23(17-28-31)27(32)29-20-8-4-3-5-9-20/h3-17,25,30H,1-2H3,(H,29,32)/t25-/m1/s1. The molecule has 0 radical (unpaired) electrons. The van der Waals surface area contributed by atoms with Gasteiger partial charge in [0.15, 0.2) is 0 Å². The minimum atomic E-state index is -0.236. The quantitative estimate of drug-likeness (QED) is 0.420. The molecule has 7 nitrogen and oxygen atoms in total. The summed E-state index contributed by atoms with van der Waals surface area (Å²) in [5, 5.41) is 10.9. The number of allylic oxidation sites excluding steroid dienone is 1. The van der Waals surface area contributed by atoms with E-state index in [1.165, 1.54) is 0 Å². The maximum Gasteiger partial charge on any atom is 0.261 e. The van der Waals surface area contributed by atoms with E-state index in [0.717, 1.165) is 34.0 Å². The second-order valence-corrected chi connectivity index (χ2v) is 7.83. The third-order valence-corrected chi connectivity index (χ3v) is 5.75. The van der Waals surface area contributed by atoms with E-state index in [9.17, 15) is 4.79 Å². The summed E-state index contributed by atoms with van der Waals surface area (Å²) in [5.74, 6) is 1.92. The summed E-state index contributed by atoms with van der Waals surface area (Å²) < 4.78 is 12.6. The van der Waals surface area contributed by atoms with Gasteiger partial charge in [-0.25, -0.2) is 4.68 Å². The van der Waals surface area contributed by atoms with Crippen LogP contribution >= 0.6 is 0 Å². The molecule has 4 aromatic rings. The Hall–Kier alpha value is -4.52. The Bertz CT molecular complexity index is 1340. The molecule has 1 aromatic heterocycles. The summed E-state index contributed by atoms with van der Waals surface area (Å²) in [7, 11) is 3.29.